The van der Waals surface area contributed by atoms with Crippen LogP contribution in [0.5, 0.6) is 5.75 Å². The largest absolute Gasteiger partial charge is 0.494 e. The van der Waals surface area contributed by atoms with Gasteiger partial charge in [0.2, 0.25) is 0 Å². The van der Waals surface area contributed by atoms with E-state index in [-0.39, 0.29) is 0 Å². The van der Waals surface area contributed by atoms with Crippen LogP contribution in [0.15, 0.2) is 36.4 Å². The topological polar surface area (TPSA) is 29.5 Å². The second-order valence-electron chi connectivity index (χ2n) is 5.62. The first kappa shape index (κ1) is 15.6. The van der Waals surface area contributed by atoms with Gasteiger partial charge >= 0.3 is 0 Å². The van der Waals surface area contributed by atoms with Crippen LogP contribution >= 0.6 is 0 Å². The van der Waals surface area contributed by atoms with Crippen LogP contribution in [-0.2, 0) is 0 Å². The van der Waals surface area contributed by atoms with E-state index in [0.717, 1.165) is 28.9 Å². The van der Waals surface area contributed by atoms with E-state index >= 15 is 0 Å². The minimum atomic E-state index is -0.616. The van der Waals surface area contributed by atoms with E-state index in [4.69, 9.17) is 4.74 Å². The maximum atomic E-state index is 10.7. The fraction of sp³-hybridized carbons (Fsp3) is 0.368. The van der Waals surface area contributed by atoms with Gasteiger partial charge in [0, 0.05) is 0 Å². The van der Waals surface area contributed by atoms with Crippen LogP contribution < -0.4 is 4.74 Å². The van der Waals surface area contributed by atoms with Crippen LogP contribution in [0.3, 0.4) is 0 Å². The molecule has 0 heterocycles. The van der Waals surface area contributed by atoms with E-state index in [9.17, 15) is 5.11 Å². The number of rotatable bonds is 5. The molecule has 0 spiro atoms. The van der Waals surface area contributed by atoms with Crippen LogP contribution in [0.4, 0.5) is 0 Å². The number of benzene rings is 2. The smallest absolute Gasteiger partial charge is 0.119 e. The average molecular weight is 284 g/mol. The summed E-state index contributed by atoms with van der Waals surface area (Å²) in [6.45, 7) is 8.99. The van der Waals surface area contributed by atoms with Gasteiger partial charge in [-0.25, -0.2) is 0 Å². The van der Waals surface area contributed by atoms with Gasteiger partial charge in [0.05, 0.1) is 6.61 Å². The van der Waals surface area contributed by atoms with Crippen molar-refractivity contribution in [1.29, 1.82) is 0 Å². The van der Waals surface area contributed by atoms with Crippen molar-refractivity contribution in [3.8, 4) is 5.75 Å². The molecule has 1 unspecified atom stereocenters. The lowest BCUT2D eigenvalue weighted by molar-refractivity contribution is 0.218. The molecule has 0 radical (unpaired) electrons. The summed E-state index contributed by atoms with van der Waals surface area (Å²) in [4.78, 5) is 0. The van der Waals surface area contributed by atoms with Crippen LogP contribution in [0.25, 0.3) is 0 Å². The molecule has 112 valence electrons. The van der Waals surface area contributed by atoms with E-state index in [0.29, 0.717) is 6.61 Å². The molecule has 0 aliphatic carbocycles. The third-order valence-corrected chi connectivity index (χ3v) is 3.82. The predicted octanol–water partition coefficient (Wildman–Crippen LogP) is 4.48. The SMILES string of the molecule is CCCOc1cccc(C(O)c2cc(C)c(C)cc2C)c1. The Morgan fingerprint density at radius 2 is 1.71 bits per heavy atom. The minimum absolute atomic E-state index is 0.616. The molecule has 0 aliphatic heterocycles. The minimum Gasteiger partial charge on any atom is -0.494 e. The fourth-order valence-electron chi connectivity index (χ4n) is 2.45. The number of ether oxygens (including phenoxy) is 1. The molecule has 2 aromatic carbocycles. The number of hydrogen-bond acceptors (Lipinski definition) is 2. The lowest BCUT2D eigenvalue weighted by atomic mass is 9.93. The monoisotopic (exact) mass is 284 g/mol. The molecule has 21 heavy (non-hydrogen) atoms. The third-order valence-electron chi connectivity index (χ3n) is 3.82. The second-order valence-corrected chi connectivity index (χ2v) is 5.62. The first-order valence-corrected chi connectivity index (χ1v) is 7.51. The molecule has 2 rings (SSSR count). The number of hydrogen-bond donors (Lipinski definition) is 1. The molecule has 2 nitrogen and oxygen atoms in total. The summed E-state index contributed by atoms with van der Waals surface area (Å²) >= 11 is 0. The van der Waals surface area contributed by atoms with Crippen LogP contribution in [0.1, 0.15) is 47.3 Å². The molecule has 0 fully saturated rings. The van der Waals surface area contributed by atoms with Gasteiger partial charge < -0.3 is 9.84 Å². The Morgan fingerprint density at radius 3 is 2.43 bits per heavy atom. The summed E-state index contributed by atoms with van der Waals surface area (Å²) in [7, 11) is 0. The Morgan fingerprint density at radius 1 is 1.00 bits per heavy atom. The van der Waals surface area contributed by atoms with Gasteiger partial charge in [-0.3, -0.25) is 0 Å². The second kappa shape index (κ2) is 6.77. The molecule has 1 N–H and O–H groups in total. The first-order valence-electron chi connectivity index (χ1n) is 7.51. The third kappa shape index (κ3) is 3.64. The highest BCUT2D eigenvalue weighted by atomic mass is 16.5. The Bertz CT molecular complexity index is 617. The zero-order valence-corrected chi connectivity index (χ0v) is 13.3. The van der Waals surface area contributed by atoms with Crippen LogP contribution in [0, 0.1) is 20.8 Å². The van der Waals surface area contributed by atoms with E-state index in [2.05, 4.69) is 32.9 Å². The van der Waals surface area contributed by atoms with Gasteiger partial charge in [0.15, 0.2) is 0 Å². The zero-order chi connectivity index (χ0) is 15.4. The molecule has 0 aliphatic rings. The summed E-state index contributed by atoms with van der Waals surface area (Å²) in [6, 6.07) is 11.9. The van der Waals surface area contributed by atoms with Crippen molar-refractivity contribution < 1.29 is 9.84 Å². The van der Waals surface area contributed by atoms with Gasteiger partial charge in [0.25, 0.3) is 0 Å². The van der Waals surface area contributed by atoms with E-state index in [1.807, 2.05) is 31.2 Å². The molecule has 0 aromatic heterocycles. The summed E-state index contributed by atoms with van der Waals surface area (Å²) in [6.07, 6.45) is 0.359. The normalized spacial score (nSPS) is 12.2. The Labute approximate surface area is 127 Å². The van der Waals surface area contributed by atoms with Crippen molar-refractivity contribution in [2.24, 2.45) is 0 Å². The van der Waals surface area contributed by atoms with Crippen molar-refractivity contribution >= 4 is 0 Å². The molecule has 0 bridgehead atoms. The zero-order valence-electron chi connectivity index (χ0n) is 13.3. The Hall–Kier alpha value is -1.80. The highest BCUT2D eigenvalue weighted by Gasteiger charge is 2.14. The number of aryl methyl sites for hydroxylation is 3. The molecule has 1 atom stereocenters. The molecular weight excluding hydrogens is 260 g/mol. The maximum absolute atomic E-state index is 10.7. The highest BCUT2D eigenvalue weighted by molar-refractivity contribution is 5.42. The number of aliphatic hydroxyl groups is 1. The summed E-state index contributed by atoms with van der Waals surface area (Å²) < 4.78 is 5.64. The van der Waals surface area contributed by atoms with Crippen molar-refractivity contribution in [3.05, 3.63) is 64.2 Å². The van der Waals surface area contributed by atoms with Crippen molar-refractivity contribution in [3.63, 3.8) is 0 Å². The van der Waals surface area contributed by atoms with E-state index in [1.54, 1.807) is 0 Å². The average Bonchev–Trinajstić information content (AvgIpc) is 2.48. The lowest BCUT2D eigenvalue weighted by Crippen LogP contribution is -2.04. The highest BCUT2D eigenvalue weighted by Crippen LogP contribution is 2.29. The molecular formula is C19H24O2. The van der Waals surface area contributed by atoms with E-state index < -0.39 is 6.10 Å². The first-order chi connectivity index (χ1) is 10.0. The van der Waals surface area contributed by atoms with Gasteiger partial charge in [-0.15, -0.1) is 0 Å². The van der Waals surface area contributed by atoms with Crippen molar-refractivity contribution in [2.45, 2.75) is 40.2 Å². The molecule has 0 amide bonds. The van der Waals surface area contributed by atoms with Gasteiger partial charge in [-0.05, 0) is 67.1 Å². The lowest BCUT2D eigenvalue weighted by Gasteiger charge is -2.17. The summed E-state index contributed by atoms with van der Waals surface area (Å²) in [5.41, 5.74) is 5.41. The van der Waals surface area contributed by atoms with E-state index in [1.165, 1.54) is 11.1 Å². The fourth-order valence-corrected chi connectivity index (χ4v) is 2.45. The Kier molecular flexibility index (Phi) is 5.03. The van der Waals surface area contributed by atoms with Gasteiger partial charge in [0.1, 0.15) is 11.9 Å². The van der Waals surface area contributed by atoms with Crippen molar-refractivity contribution in [2.75, 3.05) is 6.61 Å². The number of aliphatic hydroxyl groups excluding tert-OH is 1. The van der Waals surface area contributed by atoms with Crippen molar-refractivity contribution in [1.82, 2.24) is 0 Å². The molecule has 2 aromatic rings. The van der Waals surface area contributed by atoms with Gasteiger partial charge in [-0.2, -0.15) is 0 Å². The molecule has 0 saturated carbocycles. The van der Waals surface area contributed by atoms with Gasteiger partial charge in [-0.1, -0.05) is 31.2 Å². The van der Waals surface area contributed by atoms with Crippen LogP contribution in [-0.4, -0.2) is 11.7 Å². The predicted molar refractivity (Wildman–Crippen MR) is 86.9 cm³/mol. The summed E-state index contributed by atoms with van der Waals surface area (Å²) in [5, 5.41) is 10.7. The summed E-state index contributed by atoms with van der Waals surface area (Å²) in [5.74, 6) is 0.815. The maximum Gasteiger partial charge on any atom is 0.119 e. The standard InChI is InChI=1S/C19H24O2/c1-5-9-21-17-8-6-7-16(12-17)19(20)18-11-14(3)13(2)10-15(18)4/h6-8,10-12,19-20H,5,9H2,1-4H3. The quantitative estimate of drug-likeness (QED) is 0.877. The Balaban J connectivity index is 2.31. The molecule has 2 heteroatoms. The molecule has 0 saturated heterocycles. The van der Waals surface area contributed by atoms with Crippen LogP contribution in [0.2, 0.25) is 0 Å².